The molecule has 100 valence electrons. The van der Waals surface area contributed by atoms with Crippen LogP contribution in [-0.4, -0.2) is 15.9 Å². The molecule has 0 saturated carbocycles. The summed E-state index contributed by atoms with van der Waals surface area (Å²) < 4.78 is 14.3. The second-order valence-electron chi connectivity index (χ2n) is 4.14. The third-order valence-electron chi connectivity index (χ3n) is 2.73. The highest BCUT2D eigenvalue weighted by atomic mass is 32.1. The smallest absolute Gasteiger partial charge is 0.221 e. The molecule has 3 rings (SSSR count). The summed E-state index contributed by atoms with van der Waals surface area (Å²) in [5.74, 6) is 0.0357. The molecule has 0 aliphatic heterocycles. The van der Waals surface area contributed by atoms with Crippen molar-refractivity contribution in [2.45, 2.75) is 0 Å². The Hall–Kier alpha value is -2.47. The van der Waals surface area contributed by atoms with E-state index in [4.69, 9.17) is 5.73 Å². The first-order valence-corrected chi connectivity index (χ1v) is 6.84. The molecule has 4 nitrogen and oxygen atoms in total. The summed E-state index contributed by atoms with van der Waals surface area (Å²) in [6.45, 7) is 0. The van der Waals surface area contributed by atoms with Crippen LogP contribution < -0.4 is 5.73 Å². The molecular weight excluding hydrogens is 275 g/mol. The van der Waals surface area contributed by atoms with Gasteiger partial charge in [0.2, 0.25) is 5.95 Å². The van der Waals surface area contributed by atoms with Crippen LogP contribution in [0.2, 0.25) is 0 Å². The van der Waals surface area contributed by atoms with Gasteiger partial charge in [0, 0.05) is 10.9 Å². The molecule has 2 heterocycles. The molecule has 3 aromatic rings. The van der Waals surface area contributed by atoms with Gasteiger partial charge < -0.3 is 5.73 Å². The number of thiophene rings is 1. The van der Waals surface area contributed by atoms with Gasteiger partial charge in [0.05, 0.1) is 18.1 Å². The Bertz CT molecular complexity index is 729. The van der Waals surface area contributed by atoms with Crippen molar-refractivity contribution in [2.75, 3.05) is 5.73 Å². The van der Waals surface area contributed by atoms with Gasteiger partial charge in [0.15, 0.2) is 0 Å². The lowest BCUT2D eigenvalue weighted by molar-refractivity contribution is 0.628. The Morgan fingerprint density at radius 3 is 2.75 bits per heavy atom. The first-order chi connectivity index (χ1) is 9.72. The van der Waals surface area contributed by atoms with Crippen molar-refractivity contribution in [1.29, 1.82) is 0 Å². The van der Waals surface area contributed by atoms with E-state index in [1.54, 1.807) is 35.9 Å². The summed E-state index contributed by atoms with van der Waals surface area (Å²) in [4.78, 5) is 4.25. The van der Waals surface area contributed by atoms with Crippen molar-refractivity contribution in [2.24, 2.45) is 5.10 Å². The SMILES string of the molecule is Nc1nc(-c2ccsc2)cn1/N=C\c1ccc(F)cc1. The minimum Gasteiger partial charge on any atom is -0.368 e. The third kappa shape index (κ3) is 2.60. The summed E-state index contributed by atoms with van der Waals surface area (Å²) >= 11 is 1.60. The van der Waals surface area contributed by atoms with Crippen LogP contribution in [0, 0.1) is 5.82 Å². The van der Waals surface area contributed by atoms with Crippen LogP contribution in [-0.2, 0) is 0 Å². The molecule has 0 spiro atoms. The molecule has 1 aromatic carbocycles. The van der Waals surface area contributed by atoms with E-state index in [1.807, 2.05) is 16.8 Å². The largest absolute Gasteiger partial charge is 0.368 e. The lowest BCUT2D eigenvalue weighted by Crippen LogP contribution is -1.96. The number of rotatable bonds is 3. The zero-order valence-corrected chi connectivity index (χ0v) is 11.2. The molecule has 0 aliphatic rings. The Kier molecular flexibility index (Phi) is 3.30. The number of hydrogen-bond donors (Lipinski definition) is 1. The van der Waals surface area contributed by atoms with Gasteiger partial charge in [0.1, 0.15) is 5.82 Å². The predicted octanol–water partition coefficient (Wildman–Crippen LogP) is 3.22. The molecule has 0 atom stereocenters. The number of nitrogen functional groups attached to an aromatic ring is 1. The molecule has 0 unspecified atom stereocenters. The van der Waals surface area contributed by atoms with E-state index in [0.717, 1.165) is 16.8 Å². The van der Waals surface area contributed by atoms with Crippen LogP contribution in [0.15, 0.2) is 52.4 Å². The zero-order chi connectivity index (χ0) is 13.9. The molecule has 0 bridgehead atoms. The van der Waals surface area contributed by atoms with Crippen molar-refractivity contribution in [3.05, 3.63) is 58.7 Å². The first kappa shape index (κ1) is 12.6. The summed E-state index contributed by atoms with van der Waals surface area (Å²) in [5.41, 5.74) is 8.40. The van der Waals surface area contributed by atoms with Crippen LogP contribution in [0.4, 0.5) is 10.3 Å². The van der Waals surface area contributed by atoms with Crippen LogP contribution >= 0.6 is 11.3 Å². The molecule has 2 N–H and O–H groups in total. The highest BCUT2D eigenvalue weighted by Gasteiger charge is 2.06. The second kappa shape index (κ2) is 5.26. The Balaban J connectivity index is 1.86. The maximum Gasteiger partial charge on any atom is 0.221 e. The highest BCUT2D eigenvalue weighted by molar-refractivity contribution is 7.08. The zero-order valence-electron chi connectivity index (χ0n) is 10.4. The number of anilines is 1. The fourth-order valence-corrected chi connectivity index (χ4v) is 2.35. The van der Waals surface area contributed by atoms with Gasteiger partial charge in [-0.15, -0.1) is 0 Å². The number of aromatic nitrogens is 2. The second-order valence-corrected chi connectivity index (χ2v) is 4.92. The molecule has 0 amide bonds. The molecule has 6 heteroatoms. The molecule has 0 saturated heterocycles. The molecule has 0 radical (unpaired) electrons. The minimum atomic E-state index is -0.274. The number of benzene rings is 1. The Labute approximate surface area is 119 Å². The maximum atomic E-state index is 12.8. The van der Waals surface area contributed by atoms with Crippen molar-refractivity contribution in [3.63, 3.8) is 0 Å². The van der Waals surface area contributed by atoms with E-state index < -0.39 is 0 Å². The van der Waals surface area contributed by atoms with Crippen molar-refractivity contribution < 1.29 is 4.39 Å². The Morgan fingerprint density at radius 2 is 2.05 bits per heavy atom. The van der Waals surface area contributed by atoms with E-state index >= 15 is 0 Å². The third-order valence-corrected chi connectivity index (χ3v) is 3.42. The summed E-state index contributed by atoms with van der Waals surface area (Å²) in [5, 5.41) is 8.20. The number of nitrogens with two attached hydrogens (primary N) is 1. The normalized spacial score (nSPS) is 11.2. The average molecular weight is 286 g/mol. The molecule has 20 heavy (non-hydrogen) atoms. The van der Waals surface area contributed by atoms with Gasteiger partial charge in [-0.05, 0) is 29.1 Å². The minimum absolute atomic E-state index is 0.274. The van der Waals surface area contributed by atoms with Crippen LogP contribution in [0.25, 0.3) is 11.3 Å². The fraction of sp³-hybridized carbons (Fsp3) is 0. The van der Waals surface area contributed by atoms with Crippen molar-refractivity contribution >= 4 is 23.5 Å². The number of hydrogen-bond acceptors (Lipinski definition) is 4. The van der Waals surface area contributed by atoms with Gasteiger partial charge in [0.25, 0.3) is 0 Å². The molecule has 0 fully saturated rings. The number of halogens is 1. The van der Waals surface area contributed by atoms with Crippen LogP contribution in [0.5, 0.6) is 0 Å². The van der Waals surface area contributed by atoms with Gasteiger partial charge >= 0.3 is 0 Å². The predicted molar refractivity (Wildman–Crippen MR) is 79.3 cm³/mol. The van der Waals surface area contributed by atoms with Crippen LogP contribution in [0.3, 0.4) is 0 Å². The average Bonchev–Trinajstić information content (AvgIpc) is 3.08. The van der Waals surface area contributed by atoms with E-state index in [-0.39, 0.29) is 5.82 Å². The van der Waals surface area contributed by atoms with Crippen molar-refractivity contribution in [3.8, 4) is 11.3 Å². The van der Waals surface area contributed by atoms with Gasteiger partial charge in [-0.25, -0.2) is 14.1 Å². The molecular formula is C14H11FN4S. The maximum absolute atomic E-state index is 12.8. The Morgan fingerprint density at radius 1 is 1.25 bits per heavy atom. The molecule has 0 aliphatic carbocycles. The first-order valence-electron chi connectivity index (χ1n) is 5.90. The van der Waals surface area contributed by atoms with Crippen LogP contribution in [0.1, 0.15) is 5.56 Å². The summed E-state index contributed by atoms with van der Waals surface area (Å²) in [7, 11) is 0. The van der Waals surface area contributed by atoms with Gasteiger partial charge in [-0.1, -0.05) is 12.1 Å². The summed E-state index contributed by atoms with van der Waals surface area (Å²) in [6, 6.07) is 8.03. The number of imidazole rings is 1. The van der Waals surface area contributed by atoms with E-state index in [2.05, 4.69) is 10.1 Å². The fourth-order valence-electron chi connectivity index (χ4n) is 1.70. The lowest BCUT2D eigenvalue weighted by Gasteiger charge is -1.95. The van der Waals surface area contributed by atoms with E-state index in [0.29, 0.717) is 5.95 Å². The van der Waals surface area contributed by atoms with Crippen molar-refractivity contribution in [1.82, 2.24) is 9.66 Å². The molecule has 2 aromatic heterocycles. The van der Waals surface area contributed by atoms with Gasteiger partial charge in [-0.3, -0.25) is 0 Å². The van der Waals surface area contributed by atoms with E-state index in [9.17, 15) is 4.39 Å². The standard InChI is InChI=1S/C14H11FN4S/c15-12-3-1-10(2-4-12)7-17-19-8-13(18-14(19)16)11-5-6-20-9-11/h1-9H,(H2,16,18)/b17-7-. The topological polar surface area (TPSA) is 56.2 Å². The monoisotopic (exact) mass is 286 g/mol. The number of nitrogens with zero attached hydrogens (tertiary/aromatic N) is 3. The van der Waals surface area contributed by atoms with E-state index in [1.165, 1.54) is 16.8 Å². The summed E-state index contributed by atoms with van der Waals surface area (Å²) in [6.07, 6.45) is 3.37. The highest BCUT2D eigenvalue weighted by Crippen LogP contribution is 2.22. The lowest BCUT2D eigenvalue weighted by atomic mass is 10.2. The van der Waals surface area contributed by atoms with Gasteiger partial charge in [-0.2, -0.15) is 16.4 Å². The quantitative estimate of drug-likeness (QED) is 0.752.